The van der Waals surface area contributed by atoms with Crippen LogP contribution in [-0.4, -0.2) is 40.6 Å². The van der Waals surface area contributed by atoms with Crippen LogP contribution in [0.1, 0.15) is 33.1 Å². The monoisotopic (exact) mass is 277 g/mol. The molecule has 2 aliphatic rings. The lowest BCUT2D eigenvalue weighted by molar-refractivity contribution is 0.624. The Morgan fingerprint density at radius 3 is 2.40 bits per heavy atom. The zero-order valence-corrected chi connectivity index (χ0v) is 12.2. The highest BCUT2D eigenvalue weighted by molar-refractivity contribution is 5.46. The molecule has 0 saturated carbocycles. The van der Waals surface area contributed by atoms with Gasteiger partial charge >= 0.3 is 0 Å². The Morgan fingerprint density at radius 2 is 1.80 bits per heavy atom. The fourth-order valence-electron chi connectivity index (χ4n) is 3.18. The third-order valence-electron chi connectivity index (χ3n) is 4.17. The molecule has 0 spiro atoms. The average molecular weight is 277 g/mol. The van der Waals surface area contributed by atoms with E-state index in [1.165, 1.54) is 19.3 Å². The average Bonchev–Trinajstić information content (AvgIpc) is 3.08. The largest absolute Gasteiger partial charge is 0.341 e. The molecule has 0 amide bonds. The van der Waals surface area contributed by atoms with Crippen molar-refractivity contribution < 1.29 is 0 Å². The Morgan fingerprint density at radius 1 is 1.10 bits per heavy atom. The predicted molar refractivity (Wildman–Crippen MR) is 79.7 cm³/mol. The molecule has 110 valence electrons. The minimum absolute atomic E-state index is 0.448. The Kier molecular flexibility index (Phi) is 3.60. The number of hydrogen-bond acceptors (Lipinski definition) is 7. The van der Waals surface area contributed by atoms with Crippen LogP contribution < -0.4 is 21.1 Å². The summed E-state index contributed by atoms with van der Waals surface area (Å²) < 4.78 is 0. The van der Waals surface area contributed by atoms with Gasteiger partial charge in [-0.2, -0.15) is 15.0 Å². The summed E-state index contributed by atoms with van der Waals surface area (Å²) in [5.41, 5.74) is 2.57. The molecule has 0 aliphatic carbocycles. The molecule has 0 aromatic carbocycles. The maximum atomic E-state index is 5.51. The maximum absolute atomic E-state index is 5.51. The van der Waals surface area contributed by atoms with Crippen molar-refractivity contribution in [1.82, 2.24) is 15.0 Å². The normalized spacial score (nSPS) is 26.4. The molecule has 3 heterocycles. The molecular formula is C13H23N7. The van der Waals surface area contributed by atoms with Crippen molar-refractivity contribution in [2.24, 2.45) is 11.8 Å². The van der Waals surface area contributed by atoms with Crippen LogP contribution in [0.5, 0.6) is 0 Å². The highest BCUT2D eigenvalue weighted by atomic mass is 15.4. The first-order valence-corrected chi connectivity index (χ1v) is 7.41. The fraction of sp³-hybridized carbons (Fsp3) is 0.769. The zero-order valence-electron chi connectivity index (χ0n) is 12.2. The first-order chi connectivity index (χ1) is 9.67. The summed E-state index contributed by atoms with van der Waals surface area (Å²) in [4.78, 5) is 17.9. The van der Waals surface area contributed by atoms with Gasteiger partial charge in [-0.3, -0.25) is 5.43 Å². The lowest BCUT2D eigenvalue weighted by Crippen LogP contribution is -2.31. The lowest BCUT2D eigenvalue weighted by Gasteiger charge is -2.23. The van der Waals surface area contributed by atoms with E-state index < -0.39 is 0 Å². The van der Waals surface area contributed by atoms with Gasteiger partial charge in [-0.25, -0.2) is 5.84 Å². The van der Waals surface area contributed by atoms with Gasteiger partial charge in [0.05, 0.1) is 0 Å². The highest BCUT2D eigenvalue weighted by Gasteiger charge is 2.29. The van der Waals surface area contributed by atoms with E-state index in [0.29, 0.717) is 17.9 Å². The molecule has 2 saturated heterocycles. The number of rotatable bonds is 3. The topological polar surface area (TPSA) is 83.2 Å². The van der Waals surface area contributed by atoms with E-state index >= 15 is 0 Å². The van der Waals surface area contributed by atoms with Crippen LogP contribution in [0.3, 0.4) is 0 Å². The lowest BCUT2D eigenvalue weighted by atomic mass is 10.1. The van der Waals surface area contributed by atoms with Crippen molar-refractivity contribution in [2.75, 3.05) is 34.9 Å². The van der Waals surface area contributed by atoms with Gasteiger partial charge in [0, 0.05) is 25.7 Å². The molecular weight excluding hydrogens is 254 g/mol. The van der Waals surface area contributed by atoms with Gasteiger partial charge in [-0.15, -0.1) is 0 Å². The van der Waals surface area contributed by atoms with Gasteiger partial charge in [-0.05, 0) is 32.1 Å². The van der Waals surface area contributed by atoms with Gasteiger partial charge in [-0.1, -0.05) is 6.92 Å². The van der Waals surface area contributed by atoms with Crippen molar-refractivity contribution >= 4 is 17.8 Å². The number of nitrogen functional groups attached to an aromatic ring is 1. The molecule has 0 bridgehead atoms. The van der Waals surface area contributed by atoms with Crippen LogP contribution in [0.15, 0.2) is 0 Å². The second-order valence-electron chi connectivity index (χ2n) is 5.94. The minimum atomic E-state index is 0.448. The molecule has 7 heteroatoms. The number of anilines is 3. The molecule has 20 heavy (non-hydrogen) atoms. The van der Waals surface area contributed by atoms with E-state index in [-0.39, 0.29) is 0 Å². The summed E-state index contributed by atoms with van der Waals surface area (Å²) in [6.45, 7) is 7.51. The Balaban J connectivity index is 1.91. The van der Waals surface area contributed by atoms with E-state index in [2.05, 4.69) is 44.0 Å². The smallest absolute Gasteiger partial charge is 0.243 e. The predicted octanol–water partition coefficient (Wildman–Crippen LogP) is 0.992. The molecule has 2 fully saturated rings. The molecule has 1 aromatic rings. The van der Waals surface area contributed by atoms with Gasteiger partial charge in [0.2, 0.25) is 17.8 Å². The second kappa shape index (κ2) is 5.40. The Bertz CT molecular complexity index is 472. The third kappa shape index (κ3) is 2.49. The molecule has 0 radical (unpaired) electrons. The molecule has 3 N–H and O–H groups in total. The van der Waals surface area contributed by atoms with Crippen LogP contribution in [0.2, 0.25) is 0 Å². The summed E-state index contributed by atoms with van der Waals surface area (Å²) in [7, 11) is 0. The maximum Gasteiger partial charge on any atom is 0.243 e. The molecule has 1 aromatic heterocycles. The molecule has 3 rings (SSSR count). The van der Waals surface area contributed by atoms with Crippen LogP contribution in [0.4, 0.5) is 17.8 Å². The number of nitrogens with zero attached hydrogens (tertiary/aromatic N) is 5. The minimum Gasteiger partial charge on any atom is -0.341 e. The number of hydrogen-bond donors (Lipinski definition) is 2. The second-order valence-corrected chi connectivity index (χ2v) is 5.94. The summed E-state index contributed by atoms with van der Waals surface area (Å²) >= 11 is 0. The van der Waals surface area contributed by atoms with E-state index in [1.54, 1.807) is 0 Å². The molecule has 2 unspecified atom stereocenters. The van der Waals surface area contributed by atoms with Gasteiger partial charge in [0.25, 0.3) is 0 Å². The van der Waals surface area contributed by atoms with Crippen LogP contribution in [-0.2, 0) is 0 Å². The molecule has 2 aliphatic heterocycles. The quantitative estimate of drug-likeness (QED) is 0.629. The number of nitrogens with two attached hydrogens (primary N) is 1. The Labute approximate surface area is 119 Å². The first kappa shape index (κ1) is 13.4. The van der Waals surface area contributed by atoms with Crippen molar-refractivity contribution in [2.45, 2.75) is 39.2 Å². The number of hydrazine groups is 1. The van der Waals surface area contributed by atoms with E-state index in [0.717, 1.165) is 31.5 Å². The van der Waals surface area contributed by atoms with Crippen LogP contribution in [0, 0.1) is 5.92 Å². The van der Waals surface area contributed by atoms with Crippen molar-refractivity contribution in [3.63, 3.8) is 0 Å². The number of nitrogens with one attached hydrogen (secondary N) is 1. The van der Waals surface area contributed by atoms with E-state index in [4.69, 9.17) is 5.84 Å². The summed E-state index contributed by atoms with van der Waals surface area (Å²) in [5, 5.41) is 0. The van der Waals surface area contributed by atoms with Crippen LogP contribution in [0.25, 0.3) is 0 Å². The standard InChI is InChI=1S/C13H23N7/c1-9-7-10(2)20(8-9)13-16-11(18-14)15-12(17-13)19-5-3-4-6-19/h9-10H,3-8,14H2,1-2H3,(H,15,16,17,18). The van der Waals surface area contributed by atoms with Crippen molar-refractivity contribution in [3.05, 3.63) is 0 Å². The van der Waals surface area contributed by atoms with Gasteiger partial charge in [0.1, 0.15) is 0 Å². The highest BCUT2D eigenvalue weighted by Crippen LogP contribution is 2.28. The van der Waals surface area contributed by atoms with E-state index in [9.17, 15) is 0 Å². The van der Waals surface area contributed by atoms with Gasteiger partial charge < -0.3 is 9.80 Å². The Hall–Kier alpha value is -1.63. The van der Waals surface area contributed by atoms with Crippen molar-refractivity contribution in [3.8, 4) is 0 Å². The van der Waals surface area contributed by atoms with Crippen LogP contribution >= 0.6 is 0 Å². The van der Waals surface area contributed by atoms with E-state index in [1.807, 2.05) is 0 Å². The summed E-state index contributed by atoms with van der Waals surface area (Å²) in [5.74, 6) is 8.11. The SMILES string of the molecule is CC1CC(C)N(c2nc(NN)nc(N3CCCC3)n2)C1. The summed E-state index contributed by atoms with van der Waals surface area (Å²) in [6, 6.07) is 0.462. The third-order valence-corrected chi connectivity index (χ3v) is 4.17. The first-order valence-electron chi connectivity index (χ1n) is 7.41. The fourth-order valence-corrected chi connectivity index (χ4v) is 3.18. The molecule has 2 atom stereocenters. The van der Waals surface area contributed by atoms with Gasteiger partial charge in [0.15, 0.2) is 0 Å². The zero-order chi connectivity index (χ0) is 14.1. The molecule has 7 nitrogen and oxygen atoms in total. The number of aromatic nitrogens is 3. The van der Waals surface area contributed by atoms with Crippen molar-refractivity contribution in [1.29, 1.82) is 0 Å². The summed E-state index contributed by atoms with van der Waals surface area (Å²) in [6.07, 6.45) is 3.57.